The van der Waals surface area contributed by atoms with Crippen LogP contribution in [0.25, 0.3) is 0 Å². The van der Waals surface area contributed by atoms with E-state index in [1.54, 1.807) is 0 Å². The van der Waals surface area contributed by atoms with E-state index in [1.807, 2.05) is 70.2 Å². The Labute approximate surface area is 160 Å². The molecule has 5 nitrogen and oxygen atoms in total. The van der Waals surface area contributed by atoms with E-state index in [2.05, 4.69) is 5.32 Å². The third-order valence-corrected chi connectivity index (χ3v) is 4.28. The van der Waals surface area contributed by atoms with E-state index < -0.39 is 5.97 Å². The number of ether oxygens (including phenoxy) is 2. The van der Waals surface area contributed by atoms with Gasteiger partial charge in [0.15, 0.2) is 13.2 Å². The maximum absolute atomic E-state index is 11.9. The first-order valence-electron chi connectivity index (χ1n) is 9.04. The van der Waals surface area contributed by atoms with E-state index in [-0.39, 0.29) is 25.0 Å². The molecule has 0 spiro atoms. The van der Waals surface area contributed by atoms with Gasteiger partial charge >= 0.3 is 5.97 Å². The molecule has 27 heavy (non-hydrogen) atoms. The van der Waals surface area contributed by atoms with E-state index in [0.717, 1.165) is 22.3 Å². The second-order valence-electron chi connectivity index (χ2n) is 6.79. The molecule has 144 valence electrons. The number of esters is 1. The van der Waals surface area contributed by atoms with Gasteiger partial charge in [-0.25, -0.2) is 4.79 Å². The summed E-state index contributed by atoms with van der Waals surface area (Å²) in [6.07, 6.45) is 0. The van der Waals surface area contributed by atoms with Crippen molar-refractivity contribution in [3.63, 3.8) is 0 Å². The van der Waals surface area contributed by atoms with Crippen molar-refractivity contribution in [1.82, 2.24) is 5.32 Å². The molecule has 0 saturated heterocycles. The van der Waals surface area contributed by atoms with Gasteiger partial charge in [0, 0.05) is 6.54 Å². The molecule has 0 aliphatic heterocycles. The molecule has 0 radical (unpaired) electrons. The molecule has 1 atom stereocenters. The number of benzene rings is 2. The van der Waals surface area contributed by atoms with Crippen molar-refractivity contribution in [3.8, 4) is 5.75 Å². The molecule has 0 aliphatic carbocycles. The van der Waals surface area contributed by atoms with Crippen LogP contribution in [0.4, 0.5) is 0 Å². The van der Waals surface area contributed by atoms with Gasteiger partial charge in [-0.2, -0.15) is 0 Å². The maximum Gasteiger partial charge on any atom is 0.344 e. The van der Waals surface area contributed by atoms with E-state index >= 15 is 0 Å². The van der Waals surface area contributed by atoms with Crippen LogP contribution in [0.3, 0.4) is 0 Å². The molecule has 0 bridgehead atoms. The van der Waals surface area contributed by atoms with Crippen LogP contribution >= 0.6 is 0 Å². The lowest BCUT2D eigenvalue weighted by atomic mass is 10.0. The number of amides is 1. The molecular weight excluding hydrogens is 342 g/mol. The normalized spacial score (nSPS) is 11.6. The van der Waals surface area contributed by atoms with Gasteiger partial charge in [-0.05, 0) is 43.4 Å². The lowest BCUT2D eigenvalue weighted by Gasteiger charge is -2.14. The Morgan fingerprint density at radius 3 is 2.26 bits per heavy atom. The first-order chi connectivity index (χ1) is 12.9. The van der Waals surface area contributed by atoms with Crippen molar-refractivity contribution in [2.45, 2.75) is 33.6 Å². The summed E-state index contributed by atoms with van der Waals surface area (Å²) in [7, 11) is 0. The summed E-state index contributed by atoms with van der Waals surface area (Å²) in [6.45, 7) is 7.85. The van der Waals surface area contributed by atoms with Gasteiger partial charge in [0.2, 0.25) is 0 Å². The number of carbonyl (C=O) groups is 2. The number of hydrogen-bond donors (Lipinski definition) is 1. The van der Waals surface area contributed by atoms with Crippen LogP contribution in [0.2, 0.25) is 0 Å². The third kappa shape index (κ3) is 6.44. The van der Waals surface area contributed by atoms with Gasteiger partial charge in [-0.3, -0.25) is 4.79 Å². The monoisotopic (exact) mass is 369 g/mol. The molecule has 0 fully saturated rings. The minimum absolute atomic E-state index is 0.182. The van der Waals surface area contributed by atoms with Gasteiger partial charge in [-0.1, -0.05) is 55.0 Å². The molecule has 0 unspecified atom stereocenters. The van der Waals surface area contributed by atoms with Gasteiger partial charge in [0.05, 0.1) is 0 Å². The van der Waals surface area contributed by atoms with Crippen molar-refractivity contribution in [3.05, 3.63) is 64.7 Å². The summed E-state index contributed by atoms with van der Waals surface area (Å²) >= 11 is 0. The summed E-state index contributed by atoms with van der Waals surface area (Å²) in [6, 6.07) is 13.9. The predicted octanol–water partition coefficient (Wildman–Crippen LogP) is 3.45. The zero-order valence-electron chi connectivity index (χ0n) is 16.4. The van der Waals surface area contributed by atoms with E-state index in [1.165, 1.54) is 0 Å². The smallest absolute Gasteiger partial charge is 0.344 e. The minimum Gasteiger partial charge on any atom is -0.481 e. The molecule has 0 aliphatic rings. The van der Waals surface area contributed by atoms with Gasteiger partial charge in [0.1, 0.15) is 5.75 Å². The number of nitrogens with one attached hydrogen (secondary N) is 1. The molecule has 0 aromatic heterocycles. The van der Waals surface area contributed by atoms with Gasteiger partial charge in [0.25, 0.3) is 5.91 Å². The highest BCUT2D eigenvalue weighted by molar-refractivity contribution is 5.81. The Morgan fingerprint density at radius 1 is 1.00 bits per heavy atom. The van der Waals surface area contributed by atoms with Crippen LogP contribution in [0.15, 0.2) is 42.5 Å². The van der Waals surface area contributed by atoms with E-state index in [4.69, 9.17) is 9.47 Å². The largest absolute Gasteiger partial charge is 0.481 e. The first-order valence-corrected chi connectivity index (χ1v) is 9.04. The molecular formula is C22H27NO4. The fraction of sp³-hybridized carbons (Fsp3) is 0.364. The Kier molecular flexibility index (Phi) is 7.41. The molecule has 0 saturated carbocycles. The predicted molar refractivity (Wildman–Crippen MR) is 105 cm³/mol. The van der Waals surface area contributed by atoms with Crippen molar-refractivity contribution < 1.29 is 19.1 Å². The zero-order chi connectivity index (χ0) is 19.8. The fourth-order valence-corrected chi connectivity index (χ4v) is 2.93. The maximum atomic E-state index is 11.9. The van der Waals surface area contributed by atoms with Gasteiger partial charge in [-0.15, -0.1) is 0 Å². The van der Waals surface area contributed by atoms with Crippen molar-refractivity contribution >= 4 is 11.9 Å². The molecule has 1 N–H and O–H groups in total. The first kappa shape index (κ1) is 20.5. The second-order valence-corrected chi connectivity index (χ2v) is 6.79. The summed E-state index contributed by atoms with van der Waals surface area (Å²) in [4.78, 5) is 23.7. The molecule has 5 heteroatoms. The van der Waals surface area contributed by atoms with Crippen LogP contribution in [0.1, 0.15) is 35.1 Å². The zero-order valence-corrected chi connectivity index (χ0v) is 16.4. The molecule has 2 aromatic carbocycles. The fourth-order valence-electron chi connectivity index (χ4n) is 2.93. The number of carbonyl (C=O) groups excluding carboxylic acids is 2. The van der Waals surface area contributed by atoms with Crippen LogP contribution in [-0.4, -0.2) is 31.6 Å². The van der Waals surface area contributed by atoms with Crippen LogP contribution in [0.5, 0.6) is 5.75 Å². The minimum atomic E-state index is -0.569. The number of rotatable bonds is 8. The SMILES string of the molecule is Cc1cc(C)c(OCC(=O)OCC(=O)NC[C@H](C)c2ccccc2)c(C)c1. The second kappa shape index (κ2) is 9.76. The standard InChI is InChI=1S/C22H27NO4/c1-15-10-16(2)22(17(3)11-15)27-14-21(25)26-13-20(24)23-12-18(4)19-8-6-5-7-9-19/h5-11,18H,12-14H2,1-4H3,(H,23,24)/t18-/m0/s1. The Balaban J connectivity index is 1.71. The van der Waals surface area contributed by atoms with Crippen molar-refractivity contribution in [2.24, 2.45) is 0 Å². The molecule has 2 rings (SSSR count). The quantitative estimate of drug-likeness (QED) is 0.724. The van der Waals surface area contributed by atoms with Crippen molar-refractivity contribution in [1.29, 1.82) is 0 Å². The summed E-state index contributed by atoms with van der Waals surface area (Å²) in [5, 5.41) is 2.78. The van der Waals surface area contributed by atoms with E-state index in [9.17, 15) is 9.59 Å². The Bertz CT molecular complexity index is 763. The average molecular weight is 369 g/mol. The third-order valence-electron chi connectivity index (χ3n) is 4.28. The lowest BCUT2D eigenvalue weighted by molar-refractivity contribution is -0.150. The van der Waals surface area contributed by atoms with E-state index in [0.29, 0.717) is 12.3 Å². The molecule has 1 amide bonds. The van der Waals surface area contributed by atoms with Crippen LogP contribution in [-0.2, 0) is 14.3 Å². The summed E-state index contributed by atoms with van der Waals surface area (Å²) in [5.74, 6) is -0.0326. The molecule has 0 heterocycles. The molecule has 2 aromatic rings. The number of aryl methyl sites for hydroxylation is 3. The lowest BCUT2D eigenvalue weighted by Crippen LogP contribution is -2.32. The van der Waals surface area contributed by atoms with Crippen molar-refractivity contribution in [2.75, 3.05) is 19.8 Å². The van der Waals surface area contributed by atoms with Crippen LogP contribution < -0.4 is 10.1 Å². The average Bonchev–Trinajstić information content (AvgIpc) is 2.64. The van der Waals surface area contributed by atoms with Gasteiger partial charge < -0.3 is 14.8 Å². The van der Waals surface area contributed by atoms with Crippen LogP contribution in [0, 0.1) is 20.8 Å². The number of hydrogen-bond acceptors (Lipinski definition) is 4. The summed E-state index contributed by atoms with van der Waals surface area (Å²) < 4.78 is 10.6. The highest BCUT2D eigenvalue weighted by atomic mass is 16.6. The highest BCUT2D eigenvalue weighted by Crippen LogP contribution is 2.24. The Hall–Kier alpha value is -2.82. The summed E-state index contributed by atoms with van der Waals surface area (Å²) in [5.41, 5.74) is 4.22. The Morgan fingerprint density at radius 2 is 1.63 bits per heavy atom. The highest BCUT2D eigenvalue weighted by Gasteiger charge is 2.12. The topological polar surface area (TPSA) is 64.6 Å².